The van der Waals surface area contributed by atoms with Gasteiger partial charge in [0.15, 0.2) is 0 Å². The van der Waals surface area contributed by atoms with Gasteiger partial charge in [0, 0.05) is 29.3 Å². The van der Waals surface area contributed by atoms with Gasteiger partial charge in [-0.3, -0.25) is 4.99 Å². The molecular weight excluding hydrogens is 540 g/mol. The fourth-order valence-electron chi connectivity index (χ4n) is 4.71. The molecule has 1 fully saturated rings. The van der Waals surface area contributed by atoms with Gasteiger partial charge in [-0.15, -0.1) is 0 Å². The second-order valence-electron chi connectivity index (χ2n) is 9.39. The van der Waals surface area contributed by atoms with Crippen molar-refractivity contribution in [3.05, 3.63) is 89.5 Å². The molecule has 34 heavy (non-hydrogen) atoms. The number of halogens is 2. The van der Waals surface area contributed by atoms with Crippen molar-refractivity contribution >= 4 is 23.2 Å². The molecule has 1 N–H and O–H groups in total. The van der Waals surface area contributed by atoms with Crippen LogP contribution in [0, 0.1) is 5.92 Å². The van der Waals surface area contributed by atoms with Gasteiger partial charge in [-0.05, 0) is 47.6 Å². The molecule has 178 valence electrons. The molecule has 1 aliphatic carbocycles. The molecule has 0 radical (unpaired) electrons. The Hall–Kier alpha value is -1.41. The number of hydrogen-bond acceptors (Lipinski definition) is 2. The number of nitrogens with zero attached hydrogens (tertiary/aromatic N) is 1. The summed E-state index contributed by atoms with van der Waals surface area (Å²) in [5.74, 6) is 1.02. The fourth-order valence-corrected chi connectivity index (χ4v) is 4.71. The van der Waals surface area contributed by atoms with Crippen molar-refractivity contribution in [1.82, 2.24) is 0 Å². The maximum absolute atomic E-state index is 11.3. The topological polar surface area (TPSA) is 32.6 Å². The first-order valence-electron chi connectivity index (χ1n) is 11.9. The van der Waals surface area contributed by atoms with Gasteiger partial charge < -0.3 is 5.11 Å². The summed E-state index contributed by atoms with van der Waals surface area (Å²) in [6.07, 6.45) is 8.45. The van der Waals surface area contributed by atoms with Crippen molar-refractivity contribution < 1.29 is 26.0 Å². The molecule has 0 aromatic heterocycles. The molecule has 0 saturated heterocycles. The van der Waals surface area contributed by atoms with Crippen LogP contribution >= 0.6 is 17.0 Å². The van der Waals surface area contributed by atoms with Crippen molar-refractivity contribution in [3.63, 3.8) is 0 Å². The zero-order valence-corrected chi connectivity index (χ0v) is 23.9. The van der Waals surface area contributed by atoms with E-state index in [1.807, 2.05) is 18.3 Å². The number of phenolic OH excluding ortho intramolecular Hbond substituents is 1. The summed E-state index contributed by atoms with van der Waals surface area (Å²) in [6.45, 7) is 5.20. The molecule has 1 aliphatic rings. The van der Waals surface area contributed by atoms with E-state index in [1.165, 1.54) is 37.7 Å². The number of aromatic hydroxyl groups is 1. The van der Waals surface area contributed by atoms with Crippen LogP contribution in [0.4, 0.5) is 0 Å². The van der Waals surface area contributed by atoms with E-state index >= 15 is 0 Å². The summed E-state index contributed by atoms with van der Waals surface area (Å²) in [5.41, 5.74) is 4.84. The van der Waals surface area contributed by atoms with Crippen molar-refractivity contribution in [2.75, 3.05) is 6.54 Å². The molecule has 0 aliphatic heterocycles. The maximum atomic E-state index is 11.3. The van der Waals surface area contributed by atoms with E-state index in [9.17, 15) is 5.11 Å². The predicted molar refractivity (Wildman–Crippen MR) is 143 cm³/mol. The van der Waals surface area contributed by atoms with Gasteiger partial charge in [0.1, 0.15) is 5.75 Å². The van der Waals surface area contributed by atoms with Crippen LogP contribution < -0.4 is 0 Å². The third kappa shape index (κ3) is 7.30. The van der Waals surface area contributed by atoms with Crippen LogP contribution in [0.5, 0.6) is 5.75 Å². The second kappa shape index (κ2) is 13.6. The Bertz CT molecular complexity index is 1050. The summed E-state index contributed by atoms with van der Waals surface area (Å²) in [4.78, 5) is 4.77. The molecule has 4 rings (SSSR count). The van der Waals surface area contributed by atoms with Gasteiger partial charge in [-0.25, -0.2) is 0 Å². The number of aliphatic imine (C=N–C) groups is 1. The monoisotopic (exact) mass is 571 g/mol. The van der Waals surface area contributed by atoms with E-state index in [1.54, 1.807) is 0 Å². The molecule has 5 heteroatoms. The normalized spacial score (nSPS) is 14.5. The average Bonchev–Trinajstić information content (AvgIpc) is 2.87. The van der Waals surface area contributed by atoms with Crippen LogP contribution in [0.15, 0.2) is 77.8 Å². The van der Waals surface area contributed by atoms with Gasteiger partial charge in [-0.1, -0.05) is 93.8 Å². The van der Waals surface area contributed by atoms with E-state index in [0.717, 1.165) is 28.8 Å². The Labute approximate surface area is 223 Å². The van der Waals surface area contributed by atoms with E-state index in [4.69, 9.17) is 22.0 Å². The molecule has 2 nitrogen and oxygen atoms in total. The second-order valence-corrected chi connectivity index (χ2v) is 13.1. The standard InChI is InChI=1S/C29H33NO.2ClH.Zr/c1-29(2,26-16-10-5-11-17-26)27-19-24(23-14-8-4-9-15-23)18-25(28(27)31)21-30-20-22-12-6-3-7-13-22;;;/h4-5,8-11,14-19,21-22,31H,3,6-7,12-13,20H2,1-2H3;2*1H;/q;;;+2/p-2. The van der Waals surface area contributed by atoms with Gasteiger partial charge in [0.25, 0.3) is 0 Å². The number of hydrogen-bond donors (Lipinski definition) is 1. The summed E-state index contributed by atoms with van der Waals surface area (Å²) >= 11 is -0.826. The van der Waals surface area contributed by atoms with Crippen LogP contribution in [-0.2, 0) is 26.3 Å². The third-order valence-electron chi connectivity index (χ3n) is 6.73. The molecule has 0 unspecified atom stereocenters. The number of rotatable bonds is 6. The molecular formula is C29H33Cl2NOZr. The minimum absolute atomic E-state index is 0.331. The quantitative estimate of drug-likeness (QED) is 0.294. The van der Waals surface area contributed by atoms with E-state index in [-0.39, 0.29) is 5.41 Å². The molecule has 0 atom stereocenters. The van der Waals surface area contributed by atoms with Crippen LogP contribution in [0.1, 0.15) is 62.6 Å². The van der Waals surface area contributed by atoms with E-state index in [0.29, 0.717) is 11.7 Å². The fraction of sp³-hybridized carbons (Fsp3) is 0.345. The Kier molecular flexibility index (Phi) is 10.9. The van der Waals surface area contributed by atoms with E-state index in [2.05, 4.69) is 74.5 Å². The van der Waals surface area contributed by atoms with Gasteiger partial charge in [0.05, 0.1) is 0 Å². The van der Waals surface area contributed by atoms with Crippen molar-refractivity contribution in [1.29, 1.82) is 0 Å². The first kappa shape index (κ1) is 27.2. The molecule has 1 saturated carbocycles. The first-order chi connectivity index (χ1) is 16.5. The molecule has 0 heterocycles. The SMILES string of the molecule is CC(C)(c1ccccc1)c1cc(-c2ccccc2)cc(C=NCC2CCCCC2)c1O.[Cl][Zr][Cl]. The summed E-state index contributed by atoms with van der Waals surface area (Å²) in [6, 6.07) is 25.0. The van der Waals surface area contributed by atoms with Crippen molar-refractivity contribution in [3.8, 4) is 16.9 Å². The van der Waals surface area contributed by atoms with Gasteiger partial charge >= 0.3 is 37.9 Å². The van der Waals surface area contributed by atoms with Crippen LogP contribution in [0.25, 0.3) is 11.1 Å². The van der Waals surface area contributed by atoms with Crippen molar-refractivity contribution in [2.45, 2.75) is 51.4 Å². The van der Waals surface area contributed by atoms with Crippen molar-refractivity contribution in [2.24, 2.45) is 10.9 Å². The molecule has 0 amide bonds. The summed E-state index contributed by atoms with van der Waals surface area (Å²) < 4.78 is 0. The molecule has 0 bridgehead atoms. The predicted octanol–water partition coefficient (Wildman–Crippen LogP) is 8.76. The average molecular weight is 574 g/mol. The number of benzene rings is 3. The van der Waals surface area contributed by atoms with E-state index < -0.39 is 20.8 Å². The Morgan fingerprint density at radius 2 is 1.50 bits per heavy atom. The first-order valence-corrected chi connectivity index (χ1v) is 18.2. The minimum atomic E-state index is -0.826. The number of phenols is 1. The van der Waals surface area contributed by atoms with Gasteiger partial charge in [0.2, 0.25) is 0 Å². The zero-order valence-electron chi connectivity index (χ0n) is 20.0. The Morgan fingerprint density at radius 3 is 2.12 bits per heavy atom. The summed E-state index contributed by atoms with van der Waals surface area (Å²) in [5, 5.41) is 11.3. The van der Waals surface area contributed by atoms with Crippen LogP contribution in [-0.4, -0.2) is 17.9 Å². The Balaban J connectivity index is 0.00000103. The van der Waals surface area contributed by atoms with Crippen LogP contribution in [0.3, 0.4) is 0 Å². The molecule has 3 aromatic rings. The Morgan fingerprint density at radius 1 is 0.912 bits per heavy atom. The van der Waals surface area contributed by atoms with Gasteiger partial charge in [-0.2, -0.15) is 0 Å². The van der Waals surface area contributed by atoms with Crippen LogP contribution in [0.2, 0.25) is 0 Å². The molecule has 0 spiro atoms. The zero-order chi connectivity index (χ0) is 24.4. The third-order valence-corrected chi connectivity index (χ3v) is 6.73. The summed E-state index contributed by atoms with van der Waals surface area (Å²) in [7, 11) is 9.87. The molecule has 3 aromatic carbocycles.